The first-order valence-electron chi connectivity index (χ1n) is 7.59. The lowest BCUT2D eigenvalue weighted by Crippen LogP contribution is -2.50. The van der Waals surface area contributed by atoms with Crippen LogP contribution in [0.2, 0.25) is 0 Å². The van der Waals surface area contributed by atoms with E-state index in [1.807, 2.05) is 17.0 Å². The summed E-state index contributed by atoms with van der Waals surface area (Å²) in [5.41, 5.74) is 2.35. The van der Waals surface area contributed by atoms with Gasteiger partial charge in [0.2, 0.25) is 11.8 Å². The Labute approximate surface area is 126 Å². The van der Waals surface area contributed by atoms with E-state index in [1.54, 1.807) is 11.8 Å². The quantitative estimate of drug-likeness (QED) is 0.854. The van der Waals surface area contributed by atoms with Gasteiger partial charge in [0, 0.05) is 33.1 Å². The number of benzene rings is 1. The molecule has 1 aliphatic heterocycles. The maximum atomic E-state index is 12.3. The second kappa shape index (κ2) is 6.74. The van der Waals surface area contributed by atoms with Crippen LogP contribution in [-0.4, -0.2) is 47.8 Å². The van der Waals surface area contributed by atoms with Gasteiger partial charge in [0.1, 0.15) is 0 Å². The van der Waals surface area contributed by atoms with Gasteiger partial charge in [-0.3, -0.25) is 9.59 Å². The number of carbonyl (C=O) groups excluding carboxylic acids is 2. The minimum atomic E-state index is 0.0892. The van der Waals surface area contributed by atoms with Gasteiger partial charge in [-0.05, 0) is 17.0 Å². The summed E-state index contributed by atoms with van der Waals surface area (Å²) in [5.74, 6) is 0.747. The van der Waals surface area contributed by atoms with E-state index in [1.165, 1.54) is 5.56 Å². The third kappa shape index (κ3) is 4.06. The molecule has 1 saturated heterocycles. The number of nitrogens with zero attached hydrogens (tertiary/aromatic N) is 2. The fraction of sp³-hybridized carbons (Fsp3) is 0.529. The van der Waals surface area contributed by atoms with Crippen LogP contribution in [0, 0.1) is 0 Å². The normalized spacial score (nSPS) is 15.4. The van der Waals surface area contributed by atoms with E-state index < -0.39 is 0 Å². The van der Waals surface area contributed by atoms with Crippen molar-refractivity contribution < 1.29 is 9.59 Å². The van der Waals surface area contributed by atoms with Gasteiger partial charge in [-0.1, -0.05) is 38.1 Å². The zero-order valence-electron chi connectivity index (χ0n) is 13.1. The van der Waals surface area contributed by atoms with Gasteiger partial charge in [-0.25, -0.2) is 0 Å². The van der Waals surface area contributed by atoms with E-state index in [0.29, 0.717) is 38.5 Å². The van der Waals surface area contributed by atoms with Crippen molar-refractivity contribution in [3.05, 3.63) is 35.4 Å². The number of amides is 2. The third-order valence-electron chi connectivity index (χ3n) is 4.08. The molecule has 21 heavy (non-hydrogen) atoms. The summed E-state index contributed by atoms with van der Waals surface area (Å²) in [6.45, 7) is 8.47. The monoisotopic (exact) mass is 288 g/mol. The van der Waals surface area contributed by atoms with Gasteiger partial charge >= 0.3 is 0 Å². The number of hydrogen-bond acceptors (Lipinski definition) is 2. The summed E-state index contributed by atoms with van der Waals surface area (Å²) in [6, 6.07) is 8.28. The summed E-state index contributed by atoms with van der Waals surface area (Å²) < 4.78 is 0. The minimum Gasteiger partial charge on any atom is -0.339 e. The molecule has 1 aliphatic rings. The van der Waals surface area contributed by atoms with Crippen LogP contribution >= 0.6 is 0 Å². The van der Waals surface area contributed by atoms with Gasteiger partial charge in [-0.15, -0.1) is 0 Å². The number of piperazine rings is 1. The van der Waals surface area contributed by atoms with Crippen LogP contribution < -0.4 is 0 Å². The molecular formula is C17H24N2O2. The Morgan fingerprint density at radius 2 is 1.52 bits per heavy atom. The standard InChI is InChI=1S/C17H24N2O2/c1-13(2)16-6-4-15(5-7-16)12-17(21)19-10-8-18(9-11-19)14(3)20/h4-7,13H,8-12H2,1-3H3. The van der Waals surface area contributed by atoms with Crippen LogP contribution in [-0.2, 0) is 16.0 Å². The van der Waals surface area contributed by atoms with Crippen molar-refractivity contribution in [2.24, 2.45) is 0 Å². The molecule has 0 N–H and O–H groups in total. The molecule has 2 rings (SSSR count). The molecule has 4 heteroatoms. The fourth-order valence-corrected chi connectivity index (χ4v) is 2.58. The van der Waals surface area contributed by atoms with Crippen molar-refractivity contribution in [3.8, 4) is 0 Å². The second-order valence-corrected chi connectivity index (χ2v) is 5.96. The molecule has 4 nitrogen and oxygen atoms in total. The predicted octanol–water partition coefficient (Wildman–Crippen LogP) is 2.04. The van der Waals surface area contributed by atoms with Gasteiger partial charge in [0.25, 0.3) is 0 Å². The lowest BCUT2D eigenvalue weighted by atomic mass is 10.0. The average Bonchev–Trinajstić information content (AvgIpc) is 2.47. The molecular weight excluding hydrogens is 264 g/mol. The fourth-order valence-electron chi connectivity index (χ4n) is 2.58. The van der Waals surface area contributed by atoms with E-state index in [2.05, 4.69) is 26.0 Å². The van der Waals surface area contributed by atoms with Crippen LogP contribution in [0.3, 0.4) is 0 Å². The zero-order chi connectivity index (χ0) is 15.4. The summed E-state index contributed by atoms with van der Waals surface area (Å²) in [6.07, 6.45) is 0.443. The summed E-state index contributed by atoms with van der Waals surface area (Å²) in [5, 5.41) is 0. The smallest absolute Gasteiger partial charge is 0.227 e. The van der Waals surface area contributed by atoms with Crippen molar-refractivity contribution in [2.45, 2.75) is 33.1 Å². The first-order chi connectivity index (χ1) is 9.97. The van der Waals surface area contributed by atoms with E-state index in [-0.39, 0.29) is 11.8 Å². The Kier molecular flexibility index (Phi) is 4.99. The Bertz CT molecular complexity index is 500. The van der Waals surface area contributed by atoms with Crippen LogP contribution in [0.4, 0.5) is 0 Å². The Balaban J connectivity index is 1.88. The number of rotatable bonds is 3. The lowest BCUT2D eigenvalue weighted by Gasteiger charge is -2.34. The second-order valence-electron chi connectivity index (χ2n) is 5.96. The summed E-state index contributed by atoms with van der Waals surface area (Å²) in [4.78, 5) is 27.2. The summed E-state index contributed by atoms with van der Waals surface area (Å²) >= 11 is 0. The molecule has 0 aliphatic carbocycles. The van der Waals surface area contributed by atoms with E-state index >= 15 is 0 Å². The number of carbonyl (C=O) groups is 2. The van der Waals surface area contributed by atoms with Crippen molar-refractivity contribution in [2.75, 3.05) is 26.2 Å². The molecule has 0 unspecified atom stereocenters. The summed E-state index contributed by atoms with van der Waals surface area (Å²) in [7, 11) is 0. The number of hydrogen-bond donors (Lipinski definition) is 0. The molecule has 0 aromatic heterocycles. The minimum absolute atomic E-state index is 0.0892. The molecule has 1 heterocycles. The first-order valence-corrected chi connectivity index (χ1v) is 7.59. The van der Waals surface area contributed by atoms with Crippen LogP contribution in [0.25, 0.3) is 0 Å². The molecule has 0 radical (unpaired) electrons. The molecule has 1 fully saturated rings. The van der Waals surface area contributed by atoms with Crippen molar-refractivity contribution in [1.29, 1.82) is 0 Å². The first kappa shape index (κ1) is 15.5. The highest BCUT2D eigenvalue weighted by atomic mass is 16.2. The Morgan fingerprint density at radius 1 is 1.00 bits per heavy atom. The molecule has 0 saturated carbocycles. The predicted molar refractivity (Wildman–Crippen MR) is 83.1 cm³/mol. The van der Waals surface area contributed by atoms with Crippen molar-refractivity contribution in [1.82, 2.24) is 9.80 Å². The molecule has 0 spiro atoms. The molecule has 114 valence electrons. The molecule has 1 aromatic carbocycles. The van der Waals surface area contributed by atoms with Crippen LogP contribution in [0.15, 0.2) is 24.3 Å². The van der Waals surface area contributed by atoms with Gasteiger partial charge in [0.15, 0.2) is 0 Å². The molecule has 0 atom stereocenters. The third-order valence-corrected chi connectivity index (χ3v) is 4.08. The van der Waals surface area contributed by atoms with Crippen molar-refractivity contribution in [3.63, 3.8) is 0 Å². The Morgan fingerprint density at radius 3 is 2.00 bits per heavy atom. The SMILES string of the molecule is CC(=O)N1CCN(C(=O)Cc2ccc(C(C)C)cc2)CC1. The van der Waals surface area contributed by atoms with Crippen molar-refractivity contribution >= 4 is 11.8 Å². The highest BCUT2D eigenvalue weighted by Gasteiger charge is 2.22. The van der Waals surface area contributed by atoms with Gasteiger partial charge in [-0.2, -0.15) is 0 Å². The van der Waals surface area contributed by atoms with Crippen LogP contribution in [0.5, 0.6) is 0 Å². The molecule has 2 amide bonds. The van der Waals surface area contributed by atoms with Crippen LogP contribution in [0.1, 0.15) is 37.8 Å². The maximum absolute atomic E-state index is 12.3. The van der Waals surface area contributed by atoms with E-state index in [4.69, 9.17) is 0 Å². The average molecular weight is 288 g/mol. The van der Waals surface area contributed by atoms with E-state index in [0.717, 1.165) is 5.56 Å². The van der Waals surface area contributed by atoms with Gasteiger partial charge < -0.3 is 9.80 Å². The van der Waals surface area contributed by atoms with E-state index in [9.17, 15) is 9.59 Å². The zero-order valence-corrected chi connectivity index (χ0v) is 13.1. The topological polar surface area (TPSA) is 40.6 Å². The molecule has 1 aromatic rings. The lowest BCUT2D eigenvalue weighted by molar-refractivity contribution is -0.138. The highest BCUT2D eigenvalue weighted by molar-refractivity contribution is 5.79. The molecule has 0 bridgehead atoms. The Hall–Kier alpha value is -1.84. The van der Waals surface area contributed by atoms with Gasteiger partial charge in [0.05, 0.1) is 6.42 Å². The highest BCUT2D eigenvalue weighted by Crippen LogP contribution is 2.15. The maximum Gasteiger partial charge on any atom is 0.227 e. The largest absolute Gasteiger partial charge is 0.339 e.